The lowest BCUT2D eigenvalue weighted by Gasteiger charge is -2.28. The summed E-state index contributed by atoms with van der Waals surface area (Å²) in [5, 5.41) is 22.0. The predicted molar refractivity (Wildman–Crippen MR) is 159 cm³/mol. The number of benzene rings is 3. The first-order chi connectivity index (χ1) is 20.4. The highest BCUT2D eigenvalue weighted by Gasteiger charge is 2.32. The Labute approximate surface area is 243 Å². The number of nitrogens with zero attached hydrogens (tertiary/aromatic N) is 1. The lowest BCUT2D eigenvalue weighted by Crippen LogP contribution is -2.45. The van der Waals surface area contributed by atoms with Crippen LogP contribution in [0.15, 0.2) is 83.6 Å². The first kappa shape index (κ1) is 29.9. The summed E-state index contributed by atoms with van der Waals surface area (Å²) in [5.41, 5.74) is 4.68. The van der Waals surface area contributed by atoms with Crippen molar-refractivity contribution in [2.45, 2.75) is 26.1 Å². The minimum absolute atomic E-state index is 0.150. The third-order valence-corrected chi connectivity index (χ3v) is 6.38. The number of nitrogens with one attached hydrogen (secondary N) is 3. The number of aliphatic hydroxyl groups excluding tert-OH is 1. The number of allylic oxidation sites excluding steroid dienone is 1. The smallest absolute Gasteiger partial charge is 0.337 e. The molecule has 0 spiro atoms. The molecule has 4 rings (SSSR count). The van der Waals surface area contributed by atoms with Crippen LogP contribution in [0.5, 0.6) is 17.2 Å². The molecule has 2 atom stereocenters. The molecule has 11 heteroatoms. The maximum atomic E-state index is 12.4. The Morgan fingerprint density at radius 2 is 1.90 bits per heavy atom. The van der Waals surface area contributed by atoms with Crippen molar-refractivity contribution in [1.29, 1.82) is 0 Å². The van der Waals surface area contributed by atoms with E-state index in [0.717, 1.165) is 16.3 Å². The van der Waals surface area contributed by atoms with E-state index in [-0.39, 0.29) is 12.2 Å². The van der Waals surface area contributed by atoms with Crippen LogP contribution in [0.2, 0.25) is 0 Å². The zero-order valence-electron chi connectivity index (χ0n) is 23.7. The summed E-state index contributed by atoms with van der Waals surface area (Å²) >= 11 is 0. The van der Waals surface area contributed by atoms with Crippen molar-refractivity contribution >= 4 is 29.0 Å². The summed E-state index contributed by atoms with van der Waals surface area (Å²) in [6.07, 6.45) is 2.10. The maximum absolute atomic E-state index is 12.4. The second-order valence-electron chi connectivity index (χ2n) is 9.21. The van der Waals surface area contributed by atoms with E-state index in [1.54, 1.807) is 37.4 Å². The SMILES string of the molecule is C=CCOc1ccc2ccccc2c1/C=N/N[C@@H](O)COc1ccc([C@H]2NC(=O)NC(C)=C2C(=O)OC)cc1OCC. The zero-order chi connectivity index (χ0) is 30.1. The topological polar surface area (TPSA) is 140 Å². The van der Waals surface area contributed by atoms with Crippen LogP contribution in [0.25, 0.3) is 10.8 Å². The van der Waals surface area contributed by atoms with E-state index in [4.69, 9.17) is 18.9 Å². The summed E-state index contributed by atoms with van der Waals surface area (Å²) in [6, 6.07) is 15.5. The van der Waals surface area contributed by atoms with Gasteiger partial charge in [0.2, 0.25) is 0 Å². The fourth-order valence-electron chi connectivity index (χ4n) is 4.49. The molecule has 4 N–H and O–H groups in total. The standard InChI is InChI=1S/C31H34N4O7/c1-5-15-41-24-13-11-20-9-7-8-10-22(20)23(24)17-32-35-27(36)18-42-25-14-12-21(16-26(25)40-6-2)29-28(30(37)39-4)19(3)33-31(38)34-29/h5,7-14,16-17,27,29,35-36H,1,6,15,18H2,2-4H3,(H2,33,34,38)/b32-17+/t27-,29+/m0/s1. The average molecular weight is 575 g/mol. The monoisotopic (exact) mass is 574 g/mol. The molecule has 0 bridgehead atoms. The molecule has 3 aromatic carbocycles. The molecule has 3 aromatic rings. The second-order valence-corrected chi connectivity index (χ2v) is 9.21. The van der Waals surface area contributed by atoms with Gasteiger partial charge in [-0.1, -0.05) is 49.1 Å². The van der Waals surface area contributed by atoms with Crippen molar-refractivity contribution in [2.75, 3.05) is 26.9 Å². The summed E-state index contributed by atoms with van der Waals surface area (Å²) in [7, 11) is 1.28. The number of methoxy groups -OCH3 is 1. The van der Waals surface area contributed by atoms with E-state index in [2.05, 4.69) is 27.7 Å². The zero-order valence-corrected chi connectivity index (χ0v) is 23.7. The fourth-order valence-corrected chi connectivity index (χ4v) is 4.49. The Kier molecular flexibility index (Phi) is 10.0. The molecule has 1 heterocycles. The molecule has 0 saturated heterocycles. The number of aliphatic hydroxyl groups is 1. The van der Waals surface area contributed by atoms with Gasteiger partial charge in [-0.25, -0.2) is 9.59 Å². The molecular weight excluding hydrogens is 540 g/mol. The van der Waals surface area contributed by atoms with E-state index >= 15 is 0 Å². The molecule has 0 aromatic heterocycles. The number of hydrogen-bond donors (Lipinski definition) is 4. The minimum Gasteiger partial charge on any atom is -0.490 e. The van der Waals surface area contributed by atoms with Crippen molar-refractivity contribution in [2.24, 2.45) is 5.10 Å². The number of fused-ring (bicyclic) bond motifs is 1. The molecule has 0 radical (unpaired) electrons. The van der Waals surface area contributed by atoms with Crippen LogP contribution >= 0.6 is 0 Å². The number of carbonyl (C=O) groups is 2. The summed E-state index contributed by atoms with van der Waals surface area (Å²) in [5.74, 6) is 0.804. The number of urea groups is 1. The molecule has 42 heavy (non-hydrogen) atoms. The van der Waals surface area contributed by atoms with Gasteiger partial charge in [-0.3, -0.25) is 5.43 Å². The molecule has 11 nitrogen and oxygen atoms in total. The molecule has 2 amide bonds. The minimum atomic E-state index is -1.15. The number of esters is 1. The van der Waals surface area contributed by atoms with Crippen LogP contribution in [-0.4, -0.2) is 56.5 Å². The lowest BCUT2D eigenvalue weighted by molar-refractivity contribution is -0.136. The normalized spacial score (nSPS) is 15.5. The number of carbonyl (C=O) groups excluding carboxylic acids is 2. The molecule has 1 aliphatic rings. The Morgan fingerprint density at radius 3 is 2.67 bits per heavy atom. The van der Waals surface area contributed by atoms with Crippen LogP contribution < -0.4 is 30.3 Å². The van der Waals surface area contributed by atoms with E-state index in [1.165, 1.54) is 7.11 Å². The molecule has 1 aliphatic heterocycles. The quantitative estimate of drug-likeness (QED) is 0.0792. The Balaban J connectivity index is 1.47. The van der Waals surface area contributed by atoms with Crippen molar-refractivity contribution in [3.63, 3.8) is 0 Å². The van der Waals surface area contributed by atoms with Gasteiger partial charge in [-0.2, -0.15) is 5.10 Å². The average Bonchev–Trinajstić information content (AvgIpc) is 2.99. The Morgan fingerprint density at radius 1 is 1.12 bits per heavy atom. The lowest BCUT2D eigenvalue weighted by atomic mass is 9.95. The number of ether oxygens (including phenoxy) is 4. The number of rotatable bonds is 13. The first-order valence-electron chi connectivity index (χ1n) is 13.3. The van der Waals surface area contributed by atoms with E-state index in [0.29, 0.717) is 41.7 Å². The Bertz CT molecular complexity index is 1520. The van der Waals surface area contributed by atoms with Crippen molar-refractivity contribution in [1.82, 2.24) is 16.1 Å². The number of hydrogen-bond acceptors (Lipinski definition) is 9. The van der Waals surface area contributed by atoms with Gasteiger partial charge in [-0.05, 0) is 48.4 Å². The highest BCUT2D eigenvalue weighted by Crippen LogP contribution is 2.35. The molecular formula is C31H34N4O7. The van der Waals surface area contributed by atoms with Gasteiger partial charge < -0.3 is 34.7 Å². The Hall–Kier alpha value is -5.03. The van der Waals surface area contributed by atoms with Crippen LogP contribution in [0.4, 0.5) is 4.79 Å². The third-order valence-electron chi connectivity index (χ3n) is 6.38. The van der Waals surface area contributed by atoms with Crippen molar-refractivity contribution in [3.8, 4) is 17.2 Å². The maximum Gasteiger partial charge on any atom is 0.337 e. The second kappa shape index (κ2) is 14.0. The summed E-state index contributed by atoms with van der Waals surface area (Å²) in [6.45, 7) is 7.67. The van der Waals surface area contributed by atoms with E-state index < -0.39 is 24.3 Å². The predicted octanol–water partition coefficient (Wildman–Crippen LogP) is 3.93. The van der Waals surface area contributed by atoms with Gasteiger partial charge in [0.05, 0.1) is 31.5 Å². The van der Waals surface area contributed by atoms with Gasteiger partial charge in [0.15, 0.2) is 17.7 Å². The highest BCUT2D eigenvalue weighted by molar-refractivity contribution is 6.02. The van der Waals surface area contributed by atoms with Gasteiger partial charge >= 0.3 is 12.0 Å². The fraction of sp³-hybridized carbons (Fsp3) is 0.258. The third kappa shape index (κ3) is 6.99. The first-order valence-corrected chi connectivity index (χ1v) is 13.3. The number of hydrazone groups is 1. The summed E-state index contributed by atoms with van der Waals surface area (Å²) < 4.78 is 22.3. The summed E-state index contributed by atoms with van der Waals surface area (Å²) in [4.78, 5) is 24.6. The van der Waals surface area contributed by atoms with Crippen LogP contribution in [-0.2, 0) is 9.53 Å². The van der Waals surface area contributed by atoms with Gasteiger partial charge in [-0.15, -0.1) is 0 Å². The van der Waals surface area contributed by atoms with Gasteiger partial charge in [0, 0.05) is 11.3 Å². The highest BCUT2D eigenvalue weighted by atomic mass is 16.5. The van der Waals surface area contributed by atoms with Crippen molar-refractivity contribution < 1.29 is 33.6 Å². The van der Waals surface area contributed by atoms with Crippen LogP contribution in [0.1, 0.15) is 31.0 Å². The number of amides is 2. The molecule has 0 fully saturated rings. The molecule has 0 saturated carbocycles. The molecule has 220 valence electrons. The van der Waals surface area contributed by atoms with E-state index in [1.807, 2.05) is 43.3 Å². The van der Waals surface area contributed by atoms with Gasteiger partial charge in [0.1, 0.15) is 19.0 Å². The van der Waals surface area contributed by atoms with E-state index in [9.17, 15) is 14.7 Å². The van der Waals surface area contributed by atoms with Crippen LogP contribution in [0.3, 0.4) is 0 Å². The van der Waals surface area contributed by atoms with Gasteiger partial charge in [0.25, 0.3) is 0 Å². The molecule has 0 unspecified atom stereocenters. The van der Waals surface area contributed by atoms with Crippen molar-refractivity contribution in [3.05, 3.63) is 89.6 Å². The van der Waals surface area contributed by atoms with Crippen LogP contribution in [0, 0.1) is 0 Å². The largest absolute Gasteiger partial charge is 0.490 e. The molecule has 0 aliphatic carbocycles.